The van der Waals surface area contributed by atoms with Crippen molar-refractivity contribution < 1.29 is 9.59 Å². The highest BCUT2D eigenvalue weighted by atomic mass is 16.2. The van der Waals surface area contributed by atoms with Crippen LogP contribution in [0.5, 0.6) is 0 Å². The molecule has 0 aliphatic carbocycles. The van der Waals surface area contributed by atoms with Crippen molar-refractivity contribution in [3.05, 3.63) is 70.6 Å². The van der Waals surface area contributed by atoms with Crippen LogP contribution >= 0.6 is 0 Å². The van der Waals surface area contributed by atoms with E-state index in [1.807, 2.05) is 30.3 Å². The second kappa shape index (κ2) is 8.95. The van der Waals surface area contributed by atoms with Crippen molar-refractivity contribution in [3.8, 4) is 11.4 Å². The lowest BCUT2D eigenvalue weighted by Gasteiger charge is -2.08. The standard InChI is InChI=1S/C20H18N8O3/c29-16(11-6-12-28-26-18(23-27-28)13-7-2-1-3-8-13)21-25-20(31)17-14-9-4-5-10-15(14)19(30)24-22-17/h1-5,7-10H,6,11-12H2,(H,21,29)(H,24,30)(H,25,31). The van der Waals surface area contributed by atoms with E-state index in [9.17, 15) is 14.4 Å². The molecule has 2 aromatic carbocycles. The maximum atomic E-state index is 12.4. The first-order chi connectivity index (χ1) is 15.1. The molecule has 2 heterocycles. The zero-order valence-electron chi connectivity index (χ0n) is 16.3. The van der Waals surface area contributed by atoms with E-state index in [1.165, 1.54) is 4.80 Å². The minimum Gasteiger partial charge on any atom is -0.273 e. The van der Waals surface area contributed by atoms with Crippen LogP contribution in [0.4, 0.5) is 0 Å². The van der Waals surface area contributed by atoms with Gasteiger partial charge < -0.3 is 0 Å². The van der Waals surface area contributed by atoms with Gasteiger partial charge in [-0.25, -0.2) is 5.10 Å². The molecule has 4 aromatic rings. The lowest BCUT2D eigenvalue weighted by Crippen LogP contribution is -2.42. The van der Waals surface area contributed by atoms with Crippen LogP contribution in [0.3, 0.4) is 0 Å². The average molecular weight is 418 g/mol. The molecule has 11 nitrogen and oxygen atoms in total. The summed E-state index contributed by atoms with van der Waals surface area (Å²) in [6, 6.07) is 16.0. The largest absolute Gasteiger partial charge is 0.290 e. The minimum absolute atomic E-state index is 0.00996. The zero-order valence-corrected chi connectivity index (χ0v) is 16.3. The number of amides is 2. The van der Waals surface area contributed by atoms with E-state index in [0.717, 1.165) is 5.56 Å². The van der Waals surface area contributed by atoms with Crippen molar-refractivity contribution in [3.63, 3.8) is 0 Å². The second-order valence-corrected chi connectivity index (χ2v) is 6.63. The van der Waals surface area contributed by atoms with Crippen molar-refractivity contribution in [2.45, 2.75) is 19.4 Å². The Hall–Kier alpha value is -4.41. The molecule has 156 valence electrons. The average Bonchev–Trinajstić information content (AvgIpc) is 3.27. The molecule has 2 amide bonds. The fraction of sp³-hybridized carbons (Fsp3) is 0.150. The van der Waals surface area contributed by atoms with Gasteiger partial charge in [0.05, 0.1) is 11.9 Å². The molecule has 0 saturated carbocycles. The number of carbonyl (C=O) groups excluding carboxylic acids is 2. The number of aromatic nitrogens is 6. The Bertz CT molecular complexity index is 1280. The number of tetrazole rings is 1. The van der Waals surface area contributed by atoms with Crippen LogP contribution in [0, 0.1) is 0 Å². The van der Waals surface area contributed by atoms with E-state index in [0.29, 0.717) is 29.6 Å². The first-order valence-electron chi connectivity index (χ1n) is 9.51. The molecule has 0 saturated heterocycles. The van der Waals surface area contributed by atoms with E-state index < -0.39 is 11.5 Å². The lowest BCUT2D eigenvalue weighted by atomic mass is 10.1. The number of fused-ring (bicyclic) bond motifs is 1. The molecule has 0 fully saturated rings. The first-order valence-corrected chi connectivity index (χ1v) is 9.51. The monoisotopic (exact) mass is 418 g/mol. The Labute approximate surface area is 175 Å². The fourth-order valence-corrected chi connectivity index (χ4v) is 2.96. The van der Waals surface area contributed by atoms with Crippen molar-refractivity contribution in [1.29, 1.82) is 0 Å². The van der Waals surface area contributed by atoms with Crippen LogP contribution in [0.25, 0.3) is 22.2 Å². The van der Waals surface area contributed by atoms with Crippen LogP contribution in [0.1, 0.15) is 23.3 Å². The highest BCUT2D eigenvalue weighted by molar-refractivity contribution is 6.05. The van der Waals surface area contributed by atoms with Gasteiger partial charge in [0.15, 0.2) is 5.69 Å². The second-order valence-electron chi connectivity index (χ2n) is 6.63. The summed E-state index contributed by atoms with van der Waals surface area (Å²) in [7, 11) is 0. The molecule has 11 heteroatoms. The van der Waals surface area contributed by atoms with Crippen molar-refractivity contribution in [1.82, 2.24) is 41.3 Å². The molecule has 3 N–H and O–H groups in total. The number of nitrogens with zero attached hydrogens (tertiary/aromatic N) is 5. The Morgan fingerprint density at radius 1 is 0.968 bits per heavy atom. The molecule has 0 aliphatic heterocycles. The molecular formula is C20H18N8O3. The molecule has 4 rings (SSSR count). The van der Waals surface area contributed by atoms with E-state index >= 15 is 0 Å². The maximum absolute atomic E-state index is 12.4. The number of aryl methyl sites for hydroxylation is 1. The Morgan fingerprint density at radius 3 is 2.52 bits per heavy atom. The molecule has 0 aliphatic rings. The summed E-state index contributed by atoms with van der Waals surface area (Å²) in [5.74, 6) is -0.505. The zero-order chi connectivity index (χ0) is 21.6. The number of rotatable bonds is 6. The van der Waals surface area contributed by atoms with Crippen molar-refractivity contribution in [2.75, 3.05) is 0 Å². The number of benzene rings is 2. The molecule has 0 unspecified atom stereocenters. The normalized spacial score (nSPS) is 10.7. The number of hydrazine groups is 1. The Morgan fingerprint density at radius 2 is 1.71 bits per heavy atom. The highest BCUT2D eigenvalue weighted by Crippen LogP contribution is 2.12. The first kappa shape index (κ1) is 19.9. The Balaban J connectivity index is 1.28. The third kappa shape index (κ3) is 4.61. The van der Waals surface area contributed by atoms with Gasteiger partial charge in [0.2, 0.25) is 11.7 Å². The molecular weight excluding hydrogens is 400 g/mol. The van der Waals surface area contributed by atoms with Gasteiger partial charge >= 0.3 is 0 Å². The summed E-state index contributed by atoms with van der Waals surface area (Å²) < 4.78 is 0. The van der Waals surface area contributed by atoms with E-state index in [-0.39, 0.29) is 18.0 Å². The highest BCUT2D eigenvalue weighted by Gasteiger charge is 2.14. The number of aromatic amines is 1. The van der Waals surface area contributed by atoms with Crippen LogP contribution in [-0.2, 0) is 11.3 Å². The van der Waals surface area contributed by atoms with Gasteiger partial charge in [-0.15, -0.1) is 10.2 Å². The number of hydrogen-bond acceptors (Lipinski definition) is 7. The summed E-state index contributed by atoms with van der Waals surface area (Å²) in [4.78, 5) is 37.6. The predicted molar refractivity (Wildman–Crippen MR) is 110 cm³/mol. The van der Waals surface area contributed by atoms with Gasteiger partial charge in [-0.2, -0.15) is 9.90 Å². The van der Waals surface area contributed by atoms with Gasteiger partial charge in [0, 0.05) is 17.4 Å². The quantitative estimate of drug-likeness (QED) is 0.393. The number of H-pyrrole nitrogens is 1. The van der Waals surface area contributed by atoms with Crippen LogP contribution in [-0.4, -0.2) is 42.2 Å². The fourth-order valence-electron chi connectivity index (χ4n) is 2.96. The molecule has 2 aromatic heterocycles. The Kier molecular flexibility index (Phi) is 5.74. The van der Waals surface area contributed by atoms with E-state index in [4.69, 9.17) is 0 Å². The molecule has 0 atom stereocenters. The molecule has 0 spiro atoms. The van der Waals surface area contributed by atoms with Crippen LogP contribution in [0.2, 0.25) is 0 Å². The lowest BCUT2D eigenvalue weighted by molar-refractivity contribution is -0.122. The third-order valence-corrected chi connectivity index (χ3v) is 4.47. The molecule has 0 bridgehead atoms. The van der Waals surface area contributed by atoms with Gasteiger partial charge in [-0.1, -0.05) is 48.5 Å². The van der Waals surface area contributed by atoms with Crippen LogP contribution in [0.15, 0.2) is 59.4 Å². The topological polar surface area (TPSA) is 148 Å². The number of nitrogens with one attached hydrogen (secondary N) is 3. The number of carbonyl (C=O) groups is 2. The third-order valence-electron chi connectivity index (χ3n) is 4.47. The summed E-state index contributed by atoms with van der Waals surface area (Å²) in [6.45, 7) is 0.396. The van der Waals surface area contributed by atoms with Gasteiger partial charge in [-0.3, -0.25) is 25.2 Å². The van der Waals surface area contributed by atoms with E-state index in [1.54, 1.807) is 24.3 Å². The van der Waals surface area contributed by atoms with Gasteiger partial charge in [0.1, 0.15) is 0 Å². The summed E-state index contributed by atoms with van der Waals surface area (Å²) in [5.41, 5.74) is 5.13. The van der Waals surface area contributed by atoms with E-state index in [2.05, 4.69) is 36.5 Å². The van der Waals surface area contributed by atoms with Crippen LogP contribution < -0.4 is 16.4 Å². The molecule has 31 heavy (non-hydrogen) atoms. The SMILES string of the molecule is O=C(CCCn1nnc(-c2ccccc2)n1)NNC(=O)c1n[nH]c(=O)c2ccccc12. The van der Waals surface area contributed by atoms with Crippen molar-refractivity contribution in [2.24, 2.45) is 0 Å². The molecule has 0 radical (unpaired) electrons. The van der Waals surface area contributed by atoms with Crippen molar-refractivity contribution >= 4 is 22.6 Å². The summed E-state index contributed by atoms with van der Waals surface area (Å²) in [6.07, 6.45) is 0.592. The smallest absolute Gasteiger partial charge is 0.273 e. The minimum atomic E-state index is -0.633. The van der Waals surface area contributed by atoms with Gasteiger partial charge in [0.25, 0.3) is 11.5 Å². The number of hydrogen-bond donors (Lipinski definition) is 3. The van der Waals surface area contributed by atoms with Gasteiger partial charge in [-0.05, 0) is 17.7 Å². The summed E-state index contributed by atoms with van der Waals surface area (Å²) >= 11 is 0. The maximum Gasteiger partial charge on any atom is 0.290 e. The predicted octanol–water partition coefficient (Wildman–Crippen LogP) is 0.818. The summed E-state index contributed by atoms with van der Waals surface area (Å²) in [5, 5.41) is 19.1.